The van der Waals surface area contributed by atoms with Crippen molar-refractivity contribution in [1.82, 2.24) is 4.72 Å². The van der Waals surface area contributed by atoms with E-state index in [4.69, 9.17) is 27.9 Å². The molecular weight excluding hydrogens is 483 g/mol. The third-order valence-electron chi connectivity index (χ3n) is 4.85. The number of anilines is 1. The minimum Gasteiger partial charge on any atom is -0.492 e. The Kier molecular flexibility index (Phi) is 8.37. The van der Waals surface area contributed by atoms with Crippen LogP contribution in [0, 0.1) is 6.92 Å². The van der Waals surface area contributed by atoms with Crippen molar-refractivity contribution < 1.29 is 17.9 Å². The number of nitrogens with one attached hydrogen (secondary N) is 2. The molecule has 0 radical (unpaired) electrons. The molecule has 0 fully saturated rings. The van der Waals surface area contributed by atoms with Crippen molar-refractivity contribution in [2.45, 2.75) is 31.2 Å². The van der Waals surface area contributed by atoms with E-state index in [9.17, 15) is 13.2 Å². The summed E-state index contributed by atoms with van der Waals surface area (Å²) in [5.41, 5.74) is 2.13. The lowest BCUT2D eigenvalue weighted by Crippen LogP contribution is -2.45. The second-order valence-electron chi connectivity index (χ2n) is 7.34. The van der Waals surface area contributed by atoms with E-state index < -0.39 is 22.0 Å². The van der Waals surface area contributed by atoms with E-state index in [0.29, 0.717) is 23.1 Å². The second kappa shape index (κ2) is 11.0. The van der Waals surface area contributed by atoms with Gasteiger partial charge in [0.2, 0.25) is 15.9 Å². The lowest BCUT2D eigenvalue weighted by atomic mass is 10.1. The molecule has 2 N–H and O–H groups in total. The minimum atomic E-state index is -4.06. The van der Waals surface area contributed by atoms with Crippen LogP contribution >= 0.6 is 23.2 Å². The van der Waals surface area contributed by atoms with E-state index in [1.54, 1.807) is 25.1 Å². The van der Waals surface area contributed by atoms with E-state index in [1.807, 2.05) is 37.3 Å². The first-order valence-corrected chi connectivity index (χ1v) is 12.5. The molecule has 174 valence electrons. The standard InChI is InChI=1S/C24H24Cl2N2O4S/c1-3-32-23-12-11-19(15-21(23)26)33(30,31)28-22(13-17-7-5-4-6-8-17)24(29)27-18-10-9-16(2)20(25)14-18/h4-12,14-15,22,28H,3,13H2,1-2H3,(H,27,29)/t22-/m1/s1. The Bertz CT molecular complexity index is 1230. The molecule has 0 aromatic heterocycles. The number of aryl methyl sites for hydroxylation is 1. The molecule has 0 aliphatic heterocycles. The molecule has 0 spiro atoms. The molecule has 0 aliphatic rings. The Labute approximate surface area is 203 Å². The number of benzene rings is 3. The molecule has 0 saturated heterocycles. The Morgan fingerprint density at radius 3 is 2.36 bits per heavy atom. The fraction of sp³-hybridized carbons (Fsp3) is 0.208. The van der Waals surface area contributed by atoms with Crippen molar-refractivity contribution in [3.8, 4) is 5.75 Å². The topological polar surface area (TPSA) is 84.5 Å². The first kappa shape index (κ1) is 25.1. The number of ether oxygens (including phenoxy) is 1. The largest absolute Gasteiger partial charge is 0.492 e. The highest BCUT2D eigenvalue weighted by Gasteiger charge is 2.27. The lowest BCUT2D eigenvalue weighted by molar-refractivity contribution is -0.117. The van der Waals surface area contributed by atoms with Gasteiger partial charge in [0.05, 0.1) is 16.5 Å². The van der Waals surface area contributed by atoms with Gasteiger partial charge < -0.3 is 10.1 Å². The Morgan fingerprint density at radius 1 is 1.00 bits per heavy atom. The first-order valence-electron chi connectivity index (χ1n) is 10.2. The van der Waals surface area contributed by atoms with Crippen LogP contribution in [-0.4, -0.2) is 27.0 Å². The van der Waals surface area contributed by atoms with Crippen LogP contribution in [0.15, 0.2) is 71.6 Å². The molecule has 3 rings (SSSR count). The van der Waals surface area contributed by atoms with E-state index in [0.717, 1.165) is 11.1 Å². The molecular formula is C24H24Cl2N2O4S. The molecule has 1 amide bonds. The predicted molar refractivity (Wildman–Crippen MR) is 132 cm³/mol. The summed E-state index contributed by atoms with van der Waals surface area (Å²) in [5.74, 6) is -0.132. The fourth-order valence-electron chi connectivity index (χ4n) is 3.11. The van der Waals surface area contributed by atoms with Crippen molar-refractivity contribution in [3.63, 3.8) is 0 Å². The summed E-state index contributed by atoms with van der Waals surface area (Å²) in [6.07, 6.45) is 0.149. The third-order valence-corrected chi connectivity index (χ3v) is 7.02. The molecule has 33 heavy (non-hydrogen) atoms. The number of sulfonamides is 1. The summed E-state index contributed by atoms with van der Waals surface area (Å²) in [6.45, 7) is 4.05. The number of hydrogen-bond acceptors (Lipinski definition) is 4. The summed E-state index contributed by atoms with van der Waals surface area (Å²) in [6, 6.07) is 17.3. The van der Waals surface area contributed by atoms with Crippen molar-refractivity contribution in [1.29, 1.82) is 0 Å². The average Bonchev–Trinajstić information content (AvgIpc) is 2.78. The molecule has 1 atom stereocenters. The van der Waals surface area contributed by atoms with Crippen molar-refractivity contribution in [3.05, 3.63) is 87.9 Å². The second-order valence-corrected chi connectivity index (χ2v) is 9.87. The third kappa shape index (κ3) is 6.71. The number of hydrogen-bond donors (Lipinski definition) is 2. The van der Waals surface area contributed by atoms with Gasteiger partial charge in [-0.05, 0) is 61.7 Å². The highest BCUT2D eigenvalue weighted by atomic mass is 35.5. The maximum absolute atomic E-state index is 13.1. The normalized spacial score (nSPS) is 12.2. The quantitative estimate of drug-likeness (QED) is 0.416. The smallest absolute Gasteiger partial charge is 0.242 e. The summed E-state index contributed by atoms with van der Waals surface area (Å²) in [4.78, 5) is 13.0. The van der Waals surface area contributed by atoms with E-state index in [2.05, 4.69) is 10.0 Å². The monoisotopic (exact) mass is 506 g/mol. The molecule has 9 heteroatoms. The number of carbonyl (C=O) groups excluding carboxylic acids is 1. The van der Waals surface area contributed by atoms with Gasteiger partial charge in [0.15, 0.2) is 0 Å². The van der Waals surface area contributed by atoms with Crippen LogP contribution in [0.2, 0.25) is 10.0 Å². The predicted octanol–water partition coefficient (Wildman–Crippen LogP) is 5.23. The van der Waals surface area contributed by atoms with Crippen LogP contribution in [0.5, 0.6) is 5.75 Å². The number of amides is 1. The SMILES string of the molecule is CCOc1ccc(S(=O)(=O)N[C@H](Cc2ccccc2)C(=O)Nc2ccc(C)c(Cl)c2)cc1Cl. The van der Waals surface area contributed by atoms with Gasteiger partial charge >= 0.3 is 0 Å². The zero-order valence-electron chi connectivity index (χ0n) is 18.1. The van der Waals surface area contributed by atoms with Crippen molar-refractivity contribution in [2.24, 2.45) is 0 Å². The average molecular weight is 507 g/mol. The Hall–Kier alpha value is -2.58. The first-order chi connectivity index (χ1) is 15.7. The van der Waals surface area contributed by atoms with Crippen LogP contribution in [0.1, 0.15) is 18.1 Å². The summed E-state index contributed by atoms with van der Waals surface area (Å²) in [7, 11) is -4.06. The van der Waals surface area contributed by atoms with Crippen LogP contribution in [-0.2, 0) is 21.2 Å². The van der Waals surface area contributed by atoms with E-state index in [1.165, 1.54) is 18.2 Å². The van der Waals surface area contributed by atoms with Crippen LogP contribution in [0.25, 0.3) is 0 Å². The lowest BCUT2D eigenvalue weighted by Gasteiger charge is -2.19. The molecule has 6 nitrogen and oxygen atoms in total. The molecule has 0 heterocycles. The molecule has 3 aromatic carbocycles. The Balaban J connectivity index is 1.87. The maximum atomic E-state index is 13.1. The summed E-state index contributed by atoms with van der Waals surface area (Å²) >= 11 is 12.3. The van der Waals surface area contributed by atoms with Crippen molar-refractivity contribution in [2.75, 3.05) is 11.9 Å². The number of carbonyl (C=O) groups is 1. The highest BCUT2D eigenvalue weighted by Crippen LogP contribution is 2.27. The van der Waals surface area contributed by atoms with Crippen LogP contribution in [0.3, 0.4) is 0 Å². The summed E-state index contributed by atoms with van der Waals surface area (Å²) < 4.78 is 34.1. The van der Waals surface area contributed by atoms with Gasteiger partial charge in [-0.25, -0.2) is 8.42 Å². The molecule has 3 aromatic rings. The number of rotatable bonds is 9. The van der Waals surface area contributed by atoms with Crippen molar-refractivity contribution >= 4 is 44.8 Å². The van der Waals surface area contributed by atoms with Gasteiger partial charge in [0, 0.05) is 10.7 Å². The van der Waals surface area contributed by atoms with Gasteiger partial charge in [-0.15, -0.1) is 0 Å². The van der Waals surface area contributed by atoms with Gasteiger partial charge in [-0.2, -0.15) is 4.72 Å². The highest BCUT2D eigenvalue weighted by molar-refractivity contribution is 7.89. The van der Waals surface area contributed by atoms with Gasteiger partial charge in [0.25, 0.3) is 0 Å². The van der Waals surface area contributed by atoms with Gasteiger partial charge in [-0.3, -0.25) is 4.79 Å². The zero-order chi connectivity index (χ0) is 24.0. The van der Waals surface area contributed by atoms with Crippen LogP contribution in [0.4, 0.5) is 5.69 Å². The zero-order valence-corrected chi connectivity index (χ0v) is 20.5. The van der Waals surface area contributed by atoms with Crippen LogP contribution < -0.4 is 14.8 Å². The molecule has 0 unspecified atom stereocenters. The minimum absolute atomic E-state index is 0.0693. The molecule has 0 bridgehead atoms. The Morgan fingerprint density at radius 2 is 1.73 bits per heavy atom. The van der Waals surface area contributed by atoms with E-state index >= 15 is 0 Å². The maximum Gasteiger partial charge on any atom is 0.242 e. The summed E-state index contributed by atoms with van der Waals surface area (Å²) in [5, 5.41) is 3.41. The van der Waals surface area contributed by atoms with E-state index in [-0.39, 0.29) is 16.3 Å². The number of halogens is 2. The molecule has 0 saturated carbocycles. The molecule has 0 aliphatic carbocycles. The fourth-order valence-corrected chi connectivity index (χ4v) is 4.82. The van der Waals surface area contributed by atoms with Gasteiger partial charge in [-0.1, -0.05) is 59.6 Å². The van der Waals surface area contributed by atoms with Gasteiger partial charge in [0.1, 0.15) is 11.8 Å².